The molecule has 3 aromatic rings. The van der Waals surface area contributed by atoms with Crippen molar-refractivity contribution >= 4 is 22.6 Å². The Morgan fingerprint density at radius 1 is 1.18 bits per heavy atom. The number of hydrogen-bond acceptors (Lipinski definition) is 5. The molecule has 0 spiro atoms. The minimum Gasteiger partial charge on any atom is -0.383 e. The predicted molar refractivity (Wildman–Crippen MR) is 116 cm³/mol. The maximum absolute atomic E-state index is 13.5. The van der Waals surface area contributed by atoms with E-state index in [0.29, 0.717) is 42.4 Å². The Bertz CT molecular complexity index is 1240. The zero-order valence-corrected chi connectivity index (χ0v) is 18.1. The number of pyridine rings is 2. The molecule has 1 aliphatic heterocycles. The van der Waals surface area contributed by atoms with Gasteiger partial charge in [0, 0.05) is 29.3 Å². The van der Waals surface area contributed by atoms with Gasteiger partial charge in [0.15, 0.2) is 0 Å². The molecule has 0 bridgehead atoms. The number of ether oxygens (including phenoxy) is 1. The molecular formula is C24H23F3N4O2. The van der Waals surface area contributed by atoms with Crippen molar-refractivity contribution in [2.24, 2.45) is 5.41 Å². The van der Waals surface area contributed by atoms with Crippen LogP contribution in [0.5, 0.6) is 0 Å². The van der Waals surface area contributed by atoms with E-state index in [-0.39, 0.29) is 17.9 Å². The maximum atomic E-state index is 13.5. The fourth-order valence-corrected chi connectivity index (χ4v) is 4.20. The summed E-state index contributed by atoms with van der Waals surface area (Å²) in [5.74, 6) is 0.238. The summed E-state index contributed by atoms with van der Waals surface area (Å²) in [5, 5.41) is 0.827. The molecule has 1 fully saturated rings. The fourth-order valence-electron chi connectivity index (χ4n) is 4.20. The minimum atomic E-state index is -4.45. The van der Waals surface area contributed by atoms with Crippen LogP contribution in [0.2, 0.25) is 0 Å². The molecular weight excluding hydrogens is 433 g/mol. The number of nitrogen functional groups attached to an aromatic ring is 1. The number of anilines is 1. The normalized spacial score (nSPS) is 16.6. The Hall–Kier alpha value is -3.20. The number of halogens is 3. The number of fused-ring (bicyclic) bond motifs is 3. The largest absolute Gasteiger partial charge is 0.417 e. The Balaban J connectivity index is 1.46. The van der Waals surface area contributed by atoms with Crippen LogP contribution in [-0.4, -0.2) is 27.3 Å². The van der Waals surface area contributed by atoms with Gasteiger partial charge in [-0.25, -0.2) is 4.98 Å². The summed E-state index contributed by atoms with van der Waals surface area (Å²) in [4.78, 5) is 23.6. The van der Waals surface area contributed by atoms with Crippen LogP contribution in [0.1, 0.15) is 52.5 Å². The summed E-state index contributed by atoms with van der Waals surface area (Å²) in [7, 11) is 0. The van der Waals surface area contributed by atoms with Crippen LogP contribution in [0.25, 0.3) is 10.9 Å². The molecule has 0 radical (unpaired) electrons. The molecule has 6 nitrogen and oxygen atoms in total. The molecule has 5 rings (SSSR count). The Morgan fingerprint density at radius 2 is 1.94 bits per heavy atom. The maximum Gasteiger partial charge on any atom is 0.417 e. The molecule has 2 aromatic heterocycles. The second-order valence-corrected chi connectivity index (χ2v) is 9.19. The molecule has 0 unspecified atom stereocenters. The lowest BCUT2D eigenvalue weighted by atomic mass is 10.0. The molecule has 2 N–H and O–H groups in total. The predicted octanol–water partition coefficient (Wildman–Crippen LogP) is 4.70. The van der Waals surface area contributed by atoms with E-state index < -0.39 is 11.7 Å². The number of rotatable bonds is 5. The van der Waals surface area contributed by atoms with E-state index in [2.05, 4.69) is 16.9 Å². The van der Waals surface area contributed by atoms with E-state index in [1.807, 2.05) is 0 Å². The summed E-state index contributed by atoms with van der Waals surface area (Å²) in [6.07, 6.45) is -1.63. The average molecular weight is 456 g/mol. The zero-order valence-electron chi connectivity index (χ0n) is 18.1. The molecule has 0 atom stereocenters. The first-order valence-electron chi connectivity index (χ1n) is 10.7. The SMILES string of the molecule is CC1(CN(Cc2ccc(C(F)(F)F)cn2)C(=O)c2ccc3nc(N)c4c(c3c2)COC4)CC1. The third-order valence-electron chi connectivity index (χ3n) is 6.44. The van der Waals surface area contributed by atoms with Crippen molar-refractivity contribution in [2.75, 3.05) is 12.3 Å². The number of amides is 1. The lowest BCUT2D eigenvalue weighted by Crippen LogP contribution is -2.35. The van der Waals surface area contributed by atoms with Gasteiger partial charge >= 0.3 is 6.18 Å². The third-order valence-corrected chi connectivity index (χ3v) is 6.44. The summed E-state index contributed by atoms with van der Waals surface area (Å²) in [6, 6.07) is 7.61. The van der Waals surface area contributed by atoms with E-state index in [1.54, 1.807) is 23.1 Å². The second kappa shape index (κ2) is 7.69. The first kappa shape index (κ1) is 21.6. The number of alkyl halides is 3. The van der Waals surface area contributed by atoms with Gasteiger partial charge < -0.3 is 15.4 Å². The Morgan fingerprint density at radius 3 is 2.61 bits per heavy atom. The Labute approximate surface area is 188 Å². The number of carbonyl (C=O) groups excluding carboxylic acids is 1. The molecule has 1 aliphatic carbocycles. The number of carbonyl (C=O) groups is 1. The molecule has 33 heavy (non-hydrogen) atoms. The van der Waals surface area contributed by atoms with Crippen LogP contribution in [0, 0.1) is 5.41 Å². The summed E-state index contributed by atoms with van der Waals surface area (Å²) < 4.78 is 44.2. The van der Waals surface area contributed by atoms with E-state index in [1.165, 1.54) is 6.07 Å². The van der Waals surface area contributed by atoms with Gasteiger partial charge in [0.25, 0.3) is 5.91 Å². The highest BCUT2D eigenvalue weighted by Gasteiger charge is 2.40. The van der Waals surface area contributed by atoms with E-state index in [0.717, 1.165) is 41.6 Å². The molecule has 172 valence electrons. The van der Waals surface area contributed by atoms with Crippen LogP contribution < -0.4 is 5.73 Å². The highest BCUT2D eigenvalue weighted by Crippen LogP contribution is 2.46. The quantitative estimate of drug-likeness (QED) is 0.602. The lowest BCUT2D eigenvalue weighted by Gasteiger charge is -2.26. The van der Waals surface area contributed by atoms with E-state index >= 15 is 0 Å². The van der Waals surface area contributed by atoms with Crippen LogP contribution in [0.4, 0.5) is 19.0 Å². The van der Waals surface area contributed by atoms with Crippen LogP contribution in [0.15, 0.2) is 36.5 Å². The van der Waals surface area contributed by atoms with Crippen molar-refractivity contribution in [3.8, 4) is 0 Å². The van der Waals surface area contributed by atoms with Gasteiger partial charge in [-0.1, -0.05) is 6.92 Å². The topological polar surface area (TPSA) is 81.3 Å². The van der Waals surface area contributed by atoms with E-state index in [4.69, 9.17) is 10.5 Å². The summed E-state index contributed by atoms with van der Waals surface area (Å²) in [6.45, 7) is 3.55. The van der Waals surface area contributed by atoms with Gasteiger partial charge in [-0.2, -0.15) is 13.2 Å². The fraction of sp³-hybridized carbons (Fsp3) is 0.375. The van der Waals surface area contributed by atoms with E-state index in [9.17, 15) is 18.0 Å². The lowest BCUT2D eigenvalue weighted by molar-refractivity contribution is -0.137. The highest BCUT2D eigenvalue weighted by atomic mass is 19.4. The van der Waals surface area contributed by atoms with Gasteiger partial charge in [-0.15, -0.1) is 0 Å². The highest BCUT2D eigenvalue weighted by molar-refractivity contribution is 5.99. The third kappa shape index (κ3) is 4.25. The zero-order chi connectivity index (χ0) is 23.4. The Kier molecular flexibility index (Phi) is 5.04. The van der Waals surface area contributed by atoms with Crippen molar-refractivity contribution in [1.29, 1.82) is 0 Å². The summed E-state index contributed by atoms with van der Waals surface area (Å²) in [5.41, 5.74) is 8.63. The van der Waals surface area contributed by atoms with Crippen molar-refractivity contribution in [3.05, 3.63) is 64.5 Å². The van der Waals surface area contributed by atoms with Crippen LogP contribution in [0.3, 0.4) is 0 Å². The minimum absolute atomic E-state index is 0.0174. The van der Waals surface area contributed by atoms with Crippen LogP contribution >= 0.6 is 0 Å². The summed E-state index contributed by atoms with van der Waals surface area (Å²) >= 11 is 0. The van der Waals surface area contributed by atoms with Gasteiger partial charge in [0.2, 0.25) is 0 Å². The molecule has 1 aromatic carbocycles. The standard InChI is InChI=1S/C24H23F3N4O2/c1-23(6-7-23)13-31(10-16-4-3-15(9-29-16)24(25,26)27)22(32)14-2-5-20-17(8-14)18-11-33-12-19(18)21(28)30-20/h2-5,8-9H,6-7,10-13H2,1H3,(H2,28,30). The molecule has 0 saturated heterocycles. The molecule has 2 aliphatic rings. The van der Waals surface area contributed by atoms with Crippen molar-refractivity contribution < 1.29 is 22.7 Å². The average Bonchev–Trinajstić information content (AvgIpc) is 3.29. The second-order valence-electron chi connectivity index (χ2n) is 9.19. The number of benzene rings is 1. The first-order valence-corrected chi connectivity index (χ1v) is 10.7. The van der Waals surface area contributed by atoms with Crippen LogP contribution in [-0.2, 0) is 30.7 Å². The van der Waals surface area contributed by atoms with Crippen molar-refractivity contribution in [2.45, 2.75) is 45.7 Å². The smallest absolute Gasteiger partial charge is 0.383 e. The monoisotopic (exact) mass is 456 g/mol. The number of hydrogen-bond donors (Lipinski definition) is 1. The molecule has 9 heteroatoms. The number of nitrogens with zero attached hydrogens (tertiary/aromatic N) is 3. The number of aromatic nitrogens is 2. The first-order chi connectivity index (χ1) is 15.6. The van der Waals surface area contributed by atoms with Gasteiger partial charge in [-0.3, -0.25) is 9.78 Å². The van der Waals surface area contributed by atoms with Crippen molar-refractivity contribution in [1.82, 2.24) is 14.9 Å². The van der Waals surface area contributed by atoms with Gasteiger partial charge in [-0.05, 0) is 54.2 Å². The van der Waals surface area contributed by atoms with Gasteiger partial charge in [0.1, 0.15) is 5.82 Å². The molecule has 1 saturated carbocycles. The van der Waals surface area contributed by atoms with Crippen molar-refractivity contribution in [3.63, 3.8) is 0 Å². The molecule has 3 heterocycles. The molecule has 1 amide bonds. The number of nitrogens with two attached hydrogens (primary N) is 1. The van der Waals surface area contributed by atoms with Gasteiger partial charge in [0.05, 0.1) is 36.5 Å².